The largest absolute Gasteiger partial charge is 0.339 e. The molecule has 0 atom stereocenters. The van der Waals surface area contributed by atoms with Crippen LogP contribution in [0.4, 0.5) is 15.8 Å². The van der Waals surface area contributed by atoms with Gasteiger partial charge in [-0.2, -0.15) is 4.98 Å². The highest BCUT2D eigenvalue weighted by molar-refractivity contribution is 7.92. The number of anilines is 2. The second kappa shape index (κ2) is 10.1. The Balaban J connectivity index is 1.39. The Labute approximate surface area is 202 Å². The minimum atomic E-state index is -3.81. The van der Waals surface area contributed by atoms with Gasteiger partial charge < -0.3 is 9.84 Å². The molecule has 0 fully saturated rings. The number of hydrogen-bond acceptors (Lipinski definition) is 6. The number of benzene rings is 3. The van der Waals surface area contributed by atoms with Crippen molar-refractivity contribution in [1.82, 2.24) is 10.1 Å². The number of para-hydroxylation sites is 1. The van der Waals surface area contributed by atoms with Crippen molar-refractivity contribution in [2.75, 3.05) is 16.7 Å². The van der Waals surface area contributed by atoms with E-state index in [0.717, 1.165) is 0 Å². The van der Waals surface area contributed by atoms with E-state index in [9.17, 15) is 17.6 Å². The minimum absolute atomic E-state index is 0.0466. The first-order valence-electron chi connectivity index (χ1n) is 10.8. The Morgan fingerprint density at radius 1 is 1.06 bits per heavy atom. The Morgan fingerprint density at radius 3 is 2.57 bits per heavy atom. The van der Waals surface area contributed by atoms with Gasteiger partial charge >= 0.3 is 0 Å². The van der Waals surface area contributed by atoms with Gasteiger partial charge in [0.25, 0.3) is 10.0 Å². The number of rotatable bonds is 8. The summed E-state index contributed by atoms with van der Waals surface area (Å²) in [6, 6.07) is 19.3. The zero-order valence-electron chi connectivity index (χ0n) is 19.1. The van der Waals surface area contributed by atoms with E-state index in [1.165, 1.54) is 29.6 Å². The Morgan fingerprint density at radius 2 is 1.83 bits per heavy atom. The fourth-order valence-electron chi connectivity index (χ4n) is 3.37. The van der Waals surface area contributed by atoms with Crippen molar-refractivity contribution >= 4 is 27.3 Å². The Hall–Kier alpha value is -4.05. The fraction of sp³-hybridized carbons (Fsp3) is 0.160. The minimum Gasteiger partial charge on any atom is -0.339 e. The molecule has 4 aromatic rings. The average Bonchev–Trinajstić information content (AvgIpc) is 3.34. The van der Waals surface area contributed by atoms with Crippen molar-refractivity contribution < 1.29 is 22.1 Å². The van der Waals surface area contributed by atoms with Gasteiger partial charge in [-0.3, -0.25) is 9.10 Å². The van der Waals surface area contributed by atoms with E-state index in [-0.39, 0.29) is 35.4 Å². The second-order valence-corrected chi connectivity index (χ2v) is 9.83. The molecule has 0 spiro atoms. The molecule has 0 saturated heterocycles. The summed E-state index contributed by atoms with van der Waals surface area (Å²) in [6.07, 6.45) is 0.235. The number of nitrogens with zero attached hydrogens (tertiary/aromatic N) is 3. The van der Waals surface area contributed by atoms with Crippen LogP contribution in [0.2, 0.25) is 0 Å². The lowest BCUT2D eigenvalue weighted by Gasteiger charge is -2.19. The third-order valence-electron chi connectivity index (χ3n) is 5.35. The second-order valence-electron chi connectivity index (χ2n) is 7.86. The maximum absolute atomic E-state index is 13.5. The van der Waals surface area contributed by atoms with Crippen LogP contribution in [0.3, 0.4) is 0 Å². The van der Waals surface area contributed by atoms with E-state index in [0.29, 0.717) is 28.3 Å². The molecule has 0 unspecified atom stereocenters. The molecule has 3 aromatic carbocycles. The molecule has 0 aliphatic heterocycles. The molecule has 0 saturated carbocycles. The lowest BCUT2D eigenvalue weighted by molar-refractivity contribution is -0.116. The highest BCUT2D eigenvalue weighted by atomic mass is 32.2. The number of amides is 1. The summed E-state index contributed by atoms with van der Waals surface area (Å²) in [6.45, 7) is 1.64. The Bertz CT molecular complexity index is 1460. The van der Waals surface area contributed by atoms with E-state index < -0.39 is 10.0 Å². The van der Waals surface area contributed by atoms with Crippen LogP contribution in [0.1, 0.15) is 17.9 Å². The number of nitrogens with one attached hydrogen (secondary N) is 1. The topological polar surface area (TPSA) is 105 Å². The summed E-state index contributed by atoms with van der Waals surface area (Å²) in [4.78, 5) is 16.8. The lowest BCUT2D eigenvalue weighted by Crippen LogP contribution is -2.26. The van der Waals surface area contributed by atoms with Gasteiger partial charge in [0, 0.05) is 31.1 Å². The molecule has 1 aromatic heterocycles. The predicted octanol–water partition coefficient (Wildman–Crippen LogP) is 4.58. The van der Waals surface area contributed by atoms with Crippen molar-refractivity contribution in [1.29, 1.82) is 0 Å². The zero-order valence-corrected chi connectivity index (χ0v) is 19.9. The molecule has 4 rings (SSSR count). The van der Waals surface area contributed by atoms with Gasteiger partial charge in [0.15, 0.2) is 0 Å². The van der Waals surface area contributed by atoms with Gasteiger partial charge in [0.2, 0.25) is 17.6 Å². The lowest BCUT2D eigenvalue weighted by atomic mass is 10.1. The predicted molar refractivity (Wildman–Crippen MR) is 130 cm³/mol. The third kappa shape index (κ3) is 5.55. The van der Waals surface area contributed by atoms with Crippen LogP contribution >= 0.6 is 0 Å². The fourth-order valence-corrected chi connectivity index (χ4v) is 4.61. The first-order chi connectivity index (χ1) is 16.7. The molecular weight excluding hydrogens is 471 g/mol. The number of carbonyl (C=O) groups is 1. The van der Waals surface area contributed by atoms with Crippen LogP contribution in [0.25, 0.3) is 11.4 Å². The standard InChI is InChI=1S/C25H23FN4O4S/c1-17-15-18(11-12-22(17)26)25-28-24(34-29-25)14-13-23(31)27-19-7-6-10-21(16-19)35(32,33)30(2)20-8-4-3-5-9-20/h3-12,15-16H,13-14H2,1-2H3,(H,27,31). The summed E-state index contributed by atoms with van der Waals surface area (Å²) < 4.78 is 45.9. The van der Waals surface area contributed by atoms with Crippen LogP contribution in [-0.2, 0) is 21.2 Å². The number of aromatic nitrogens is 2. The van der Waals surface area contributed by atoms with Crippen molar-refractivity contribution in [2.24, 2.45) is 0 Å². The number of sulfonamides is 1. The van der Waals surface area contributed by atoms with Gasteiger partial charge in [-0.25, -0.2) is 12.8 Å². The summed E-state index contributed by atoms with van der Waals surface area (Å²) in [5, 5.41) is 6.59. The van der Waals surface area contributed by atoms with Gasteiger partial charge in [-0.1, -0.05) is 29.4 Å². The molecule has 180 valence electrons. The molecule has 0 aliphatic rings. The van der Waals surface area contributed by atoms with Gasteiger partial charge in [-0.05, 0) is 61.0 Å². The zero-order chi connectivity index (χ0) is 25.0. The summed E-state index contributed by atoms with van der Waals surface area (Å²) in [5.74, 6) is -0.0899. The van der Waals surface area contributed by atoms with Crippen LogP contribution in [-0.4, -0.2) is 31.5 Å². The highest BCUT2D eigenvalue weighted by Gasteiger charge is 2.21. The molecule has 0 bridgehead atoms. The number of carbonyl (C=O) groups excluding carboxylic acids is 1. The van der Waals surface area contributed by atoms with E-state index in [1.807, 2.05) is 0 Å². The van der Waals surface area contributed by atoms with Crippen molar-refractivity contribution in [3.8, 4) is 11.4 Å². The van der Waals surface area contributed by atoms with Gasteiger partial charge in [0.1, 0.15) is 5.82 Å². The first kappa shape index (κ1) is 24.1. The van der Waals surface area contributed by atoms with E-state index in [4.69, 9.17) is 4.52 Å². The smallest absolute Gasteiger partial charge is 0.264 e. The molecule has 1 heterocycles. The van der Waals surface area contributed by atoms with E-state index in [2.05, 4.69) is 15.5 Å². The third-order valence-corrected chi connectivity index (χ3v) is 7.13. The maximum atomic E-state index is 13.5. The summed E-state index contributed by atoms with van der Waals surface area (Å²) in [5.41, 5.74) is 1.96. The maximum Gasteiger partial charge on any atom is 0.264 e. The molecule has 1 amide bonds. The quantitative estimate of drug-likeness (QED) is 0.384. The van der Waals surface area contributed by atoms with Crippen LogP contribution in [0, 0.1) is 12.7 Å². The number of hydrogen-bond donors (Lipinski definition) is 1. The number of aryl methyl sites for hydroxylation is 2. The van der Waals surface area contributed by atoms with E-state index >= 15 is 0 Å². The van der Waals surface area contributed by atoms with Crippen LogP contribution < -0.4 is 9.62 Å². The molecule has 1 N–H and O–H groups in total. The molecule has 0 aliphatic carbocycles. The highest BCUT2D eigenvalue weighted by Crippen LogP contribution is 2.24. The number of halogens is 1. The summed E-state index contributed by atoms with van der Waals surface area (Å²) in [7, 11) is -2.34. The molecular formula is C25H23FN4O4S. The SMILES string of the molecule is Cc1cc(-c2noc(CCC(=O)Nc3cccc(S(=O)(=O)N(C)c4ccccc4)c3)n2)ccc1F. The van der Waals surface area contributed by atoms with Gasteiger partial charge in [0.05, 0.1) is 10.6 Å². The van der Waals surface area contributed by atoms with Gasteiger partial charge in [-0.15, -0.1) is 0 Å². The van der Waals surface area contributed by atoms with E-state index in [1.54, 1.807) is 61.5 Å². The normalized spacial score (nSPS) is 11.3. The molecule has 35 heavy (non-hydrogen) atoms. The molecule has 0 radical (unpaired) electrons. The van der Waals surface area contributed by atoms with Crippen molar-refractivity contribution in [3.05, 3.63) is 90.1 Å². The molecule has 10 heteroatoms. The van der Waals surface area contributed by atoms with Crippen molar-refractivity contribution in [2.45, 2.75) is 24.7 Å². The van der Waals surface area contributed by atoms with Crippen LogP contribution in [0.15, 0.2) is 82.2 Å². The van der Waals surface area contributed by atoms with Crippen LogP contribution in [0.5, 0.6) is 0 Å². The molecule has 8 nitrogen and oxygen atoms in total. The van der Waals surface area contributed by atoms with Crippen molar-refractivity contribution in [3.63, 3.8) is 0 Å². The average molecular weight is 495 g/mol. The monoisotopic (exact) mass is 494 g/mol. The summed E-state index contributed by atoms with van der Waals surface area (Å²) >= 11 is 0. The first-order valence-corrected chi connectivity index (χ1v) is 12.2. The Kier molecular flexibility index (Phi) is 6.92.